The molecule has 7 nitrogen and oxygen atoms in total. The Balaban J connectivity index is 1.33. The summed E-state index contributed by atoms with van der Waals surface area (Å²) in [5.74, 6) is 2.21. The average molecular weight is 380 g/mol. The van der Waals surface area contributed by atoms with Crippen molar-refractivity contribution in [2.45, 2.75) is 24.9 Å². The van der Waals surface area contributed by atoms with Gasteiger partial charge in [0.05, 0.1) is 13.2 Å². The quantitative estimate of drug-likeness (QED) is 0.703. The molecule has 0 spiro atoms. The number of hydrogen-bond donors (Lipinski definition) is 1. The third-order valence-electron chi connectivity index (χ3n) is 5.18. The zero-order valence-corrected chi connectivity index (χ0v) is 15.9. The van der Waals surface area contributed by atoms with Crippen molar-refractivity contribution in [1.82, 2.24) is 20.0 Å². The maximum atomic E-state index is 10.6. The van der Waals surface area contributed by atoms with E-state index in [0.29, 0.717) is 18.3 Å². The maximum Gasteiger partial charge on any atom is 0.230 e. The molecule has 3 heterocycles. The van der Waals surface area contributed by atoms with Gasteiger partial charge in [-0.3, -0.25) is 4.98 Å². The first kappa shape index (κ1) is 18.6. The van der Waals surface area contributed by atoms with Gasteiger partial charge in [0, 0.05) is 18.7 Å². The van der Waals surface area contributed by atoms with Gasteiger partial charge in [0.15, 0.2) is 0 Å². The second kappa shape index (κ2) is 8.50. The average Bonchev–Trinajstić information content (AvgIpc) is 3.25. The van der Waals surface area contributed by atoms with Crippen molar-refractivity contribution in [2.24, 2.45) is 0 Å². The van der Waals surface area contributed by atoms with Gasteiger partial charge in [-0.25, -0.2) is 0 Å². The van der Waals surface area contributed by atoms with E-state index in [4.69, 9.17) is 9.26 Å². The number of nitrogens with zero attached hydrogens (tertiary/aromatic N) is 4. The van der Waals surface area contributed by atoms with E-state index in [1.807, 2.05) is 42.5 Å². The molecule has 1 unspecified atom stereocenters. The minimum atomic E-state index is -0.536. The lowest BCUT2D eigenvalue weighted by Crippen LogP contribution is -2.36. The molecule has 0 saturated carbocycles. The number of aliphatic hydroxyl groups is 1. The van der Waals surface area contributed by atoms with Crippen LogP contribution in [0.15, 0.2) is 53.2 Å². The largest absolute Gasteiger partial charge is 0.497 e. The Labute approximate surface area is 164 Å². The Morgan fingerprint density at radius 2 is 2.07 bits per heavy atom. The lowest BCUT2D eigenvalue weighted by molar-refractivity contribution is 0.0940. The summed E-state index contributed by atoms with van der Waals surface area (Å²) in [6.07, 6.45) is 3.03. The van der Waals surface area contributed by atoms with Gasteiger partial charge in [-0.15, -0.1) is 0 Å². The monoisotopic (exact) mass is 380 g/mol. The van der Waals surface area contributed by atoms with Crippen molar-refractivity contribution in [2.75, 3.05) is 26.7 Å². The van der Waals surface area contributed by atoms with Gasteiger partial charge < -0.3 is 19.3 Å². The van der Waals surface area contributed by atoms with Crippen LogP contribution >= 0.6 is 0 Å². The van der Waals surface area contributed by atoms with Crippen LogP contribution in [0.2, 0.25) is 0 Å². The fourth-order valence-corrected chi connectivity index (χ4v) is 3.56. The molecule has 7 heteroatoms. The molecule has 0 aliphatic carbocycles. The lowest BCUT2D eigenvalue weighted by atomic mass is 9.96. The number of pyridine rings is 1. The summed E-state index contributed by atoms with van der Waals surface area (Å²) in [6.45, 7) is 2.36. The molecule has 28 heavy (non-hydrogen) atoms. The first-order valence-corrected chi connectivity index (χ1v) is 9.52. The predicted molar refractivity (Wildman–Crippen MR) is 104 cm³/mol. The van der Waals surface area contributed by atoms with Crippen LogP contribution in [0.5, 0.6) is 5.75 Å². The number of β-amino-alcohol motifs (C(OH)–C–C–N with tert-alkyl or cyclic N) is 1. The predicted octanol–water partition coefficient (Wildman–Crippen LogP) is 3.05. The van der Waals surface area contributed by atoms with E-state index in [9.17, 15) is 5.11 Å². The van der Waals surface area contributed by atoms with Gasteiger partial charge in [0.25, 0.3) is 0 Å². The van der Waals surface area contributed by atoms with Gasteiger partial charge in [-0.05, 0) is 55.8 Å². The zero-order chi connectivity index (χ0) is 19.3. The van der Waals surface area contributed by atoms with E-state index in [2.05, 4.69) is 20.0 Å². The Bertz CT molecular complexity index is 891. The number of piperidine rings is 1. The summed E-state index contributed by atoms with van der Waals surface area (Å²) in [4.78, 5) is 11.1. The summed E-state index contributed by atoms with van der Waals surface area (Å²) in [7, 11) is 1.63. The minimum Gasteiger partial charge on any atom is -0.497 e. The van der Waals surface area contributed by atoms with E-state index in [1.165, 1.54) is 0 Å². The Morgan fingerprint density at radius 3 is 2.82 bits per heavy atom. The van der Waals surface area contributed by atoms with Crippen LogP contribution < -0.4 is 4.74 Å². The second-order valence-corrected chi connectivity index (χ2v) is 7.04. The number of ether oxygens (including phenoxy) is 1. The van der Waals surface area contributed by atoms with Gasteiger partial charge in [-0.2, -0.15) is 4.98 Å². The van der Waals surface area contributed by atoms with Gasteiger partial charge in [0.1, 0.15) is 11.4 Å². The van der Waals surface area contributed by atoms with Crippen molar-refractivity contribution in [3.05, 3.63) is 60.1 Å². The first-order valence-electron chi connectivity index (χ1n) is 9.52. The second-order valence-electron chi connectivity index (χ2n) is 7.04. The molecule has 3 aromatic rings. The molecule has 1 aliphatic rings. The smallest absolute Gasteiger partial charge is 0.230 e. The first-order chi connectivity index (χ1) is 13.7. The number of aromatic nitrogens is 3. The highest BCUT2D eigenvalue weighted by atomic mass is 16.5. The molecule has 0 bridgehead atoms. The number of likely N-dealkylation sites (tertiary alicyclic amines) is 1. The van der Waals surface area contributed by atoms with E-state index >= 15 is 0 Å². The van der Waals surface area contributed by atoms with Crippen molar-refractivity contribution >= 4 is 0 Å². The maximum absolute atomic E-state index is 10.6. The normalized spacial score (nSPS) is 16.8. The minimum absolute atomic E-state index is 0.246. The molecule has 1 aliphatic heterocycles. The molecule has 1 fully saturated rings. The van der Waals surface area contributed by atoms with Crippen molar-refractivity contribution in [3.8, 4) is 17.3 Å². The van der Waals surface area contributed by atoms with E-state index < -0.39 is 6.10 Å². The number of hydrogen-bond acceptors (Lipinski definition) is 7. The van der Waals surface area contributed by atoms with Gasteiger partial charge in [0.2, 0.25) is 11.7 Å². The van der Waals surface area contributed by atoms with Crippen LogP contribution in [0.4, 0.5) is 0 Å². The number of rotatable bonds is 6. The molecule has 1 aromatic carbocycles. The van der Waals surface area contributed by atoms with E-state index in [1.54, 1.807) is 13.3 Å². The Hall–Kier alpha value is -2.77. The Kier molecular flexibility index (Phi) is 5.64. The molecule has 2 aromatic heterocycles. The highest BCUT2D eigenvalue weighted by molar-refractivity contribution is 5.47. The fraction of sp³-hybridized carbons (Fsp3) is 0.381. The molecule has 0 radical (unpaired) electrons. The van der Waals surface area contributed by atoms with Crippen LogP contribution in [0, 0.1) is 0 Å². The van der Waals surface area contributed by atoms with Crippen molar-refractivity contribution in [3.63, 3.8) is 0 Å². The van der Waals surface area contributed by atoms with Crippen molar-refractivity contribution in [1.29, 1.82) is 0 Å². The molecule has 1 N–H and O–H groups in total. The zero-order valence-electron chi connectivity index (χ0n) is 15.9. The van der Waals surface area contributed by atoms with Crippen LogP contribution in [0.3, 0.4) is 0 Å². The topological polar surface area (TPSA) is 84.5 Å². The summed E-state index contributed by atoms with van der Waals surface area (Å²) < 4.78 is 10.7. The molecule has 146 valence electrons. The SMILES string of the molecule is COc1cccc(C(O)CN2CCC(c3nc(-c4ccccn4)no3)CC2)c1. The van der Waals surface area contributed by atoms with Crippen LogP contribution in [0.25, 0.3) is 11.5 Å². The van der Waals surface area contributed by atoms with Crippen LogP contribution in [-0.4, -0.2) is 51.9 Å². The van der Waals surface area contributed by atoms with E-state index in [-0.39, 0.29) is 5.92 Å². The molecular weight excluding hydrogens is 356 g/mol. The van der Waals surface area contributed by atoms with Gasteiger partial charge in [-0.1, -0.05) is 23.4 Å². The molecule has 1 atom stereocenters. The molecule has 4 rings (SSSR count). The number of benzene rings is 1. The summed E-state index contributed by atoms with van der Waals surface area (Å²) in [5.41, 5.74) is 1.59. The molecule has 1 saturated heterocycles. The van der Waals surface area contributed by atoms with Crippen LogP contribution in [-0.2, 0) is 0 Å². The highest BCUT2D eigenvalue weighted by Crippen LogP contribution is 2.29. The fourth-order valence-electron chi connectivity index (χ4n) is 3.56. The lowest BCUT2D eigenvalue weighted by Gasteiger charge is -2.31. The standard InChI is InChI=1S/C21H24N4O3/c1-27-17-6-4-5-16(13-17)19(26)14-25-11-8-15(9-12-25)21-23-20(24-28-21)18-7-2-3-10-22-18/h2-7,10,13,15,19,26H,8-9,11-12,14H2,1H3. The van der Waals surface area contributed by atoms with Crippen LogP contribution in [0.1, 0.15) is 36.3 Å². The van der Waals surface area contributed by atoms with Gasteiger partial charge >= 0.3 is 0 Å². The summed E-state index contributed by atoms with van der Waals surface area (Å²) >= 11 is 0. The third kappa shape index (κ3) is 4.21. The van der Waals surface area contributed by atoms with E-state index in [0.717, 1.165) is 42.9 Å². The number of methoxy groups -OCH3 is 1. The van der Waals surface area contributed by atoms with Crippen molar-refractivity contribution < 1.29 is 14.4 Å². The Morgan fingerprint density at radius 1 is 1.21 bits per heavy atom. The third-order valence-corrected chi connectivity index (χ3v) is 5.18. The number of aliphatic hydroxyl groups excluding tert-OH is 1. The highest BCUT2D eigenvalue weighted by Gasteiger charge is 2.26. The molecular formula is C21H24N4O3. The summed E-state index contributed by atoms with van der Waals surface area (Å²) in [5, 5.41) is 14.6. The molecule has 0 amide bonds. The summed E-state index contributed by atoms with van der Waals surface area (Å²) in [6, 6.07) is 13.2.